The average Bonchev–Trinajstić information content (AvgIpc) is 2.94. The van der Waals surface area contributed by atoms with Crippen LogP contribution in [0.15, 0.2) is 24.7 Å². The van der Waals surface area contributed by atoms with Crippen LogP contribution in [-0.4, -0.2) is 24.5 Å². The summed E-state index contributed by atoms with van der Waals surface area (Å²) < 4.78 is 3.65. The van der Waals surface area contributed by atoms with E-state index in [1.54, 1.807) is 10.9 Å². The summed E-state index contributed by atoms with van der Waals surface area (Å²) in [5.74, 6) is 0. The number of hydrogen-bond donors (Lipinski definition) is 1. The highest BCUT2D eigenvalue weighted by Gasteiger charge is 2.07. The first-order valence-corrected chi connectivity index (χ1v) is 6.15. The molecular formula is C13H16N6. The van der Waals surface area contributed by atoms with Crippen LogP contribution in [0, 0.1) is 6.92 Å². The van der Waals surface area contributed by atoms with Crippen molar-refractivity contribution in [3.8, 4) is 0 Å². The van der Waals surface area contributed by atoms with Crippen molar-refractivity contribution in [2.45, 2.75) is 13.5 Å². The second-order valence-electron chi connectivity index (χ2n) is 4.60. The zero-order valence-electron chi connectivity index (χ0n) is 11.3. The van der Waals surface area contributed by atoms with Crippen LogP contribution in [0.1, 0.15) is 11.3 Å². The first kappa shape index (κ1) is 11.7. The van der Waals surface area contributed by atoms with Crippen molar-refractivity contribution in [1.82, 2.24) is 24.5 Å². The van der Waals surface area contributed by atoms with E-state index in [1.807, 2.05) is 37.2 Å². The van der Waals surface area contributed by atoms with Gasteiger partial charge in [-0.2, -0.15) is 10.2 Å². The fourth-order valence-electron chi connectivity index (χ4n) is 2.11. The van der Waals surface area contributed by atoms with E-state index in [9.17, 15) is 0 Å². The van der Waals surface area contributed by atoms with Gasteiger partial charge in [0.1, 0.15) is 0 Å². The van der Waals surface area contributed by atoms with Gasteiger partial charge in [-0.25, -0.2) is 4.98 Å². The highest BCUT2D eigenvalue weighted by molar-refractivity contribution is 5.88. The van der Waals surface area contributed by atoms with E-state index in [-0.39, 0.29) is 0 Å². The van der Waals surface area contributed by atoms with Crippen molar-refractivity contribution < 1.29 is 0 Å². The molecule has 3 aromatic rings. The number of nitrogens with zero attached hydrogens (tertiary/aromatic N) is 5. The molecular weight excluding hydrogens is 240 g/mol. The highest BCUT2D eigenvalue weighted by atomic mass is 15.3. The number of pyridine rings is 1. The van der Waals surface area contributed by atoms with Gasteiger partial charge in [-0.1, -0.05) is 0 Å². The van der Waals surface area contributed by atoms with E-state index in [0.29, 0.717) is 0 Å². The number of aromatic nitrogens is 5. The average molecular weight is 256 g/mol. The molecule has 0 bridgehead atoms. The lowest BCUT2D eigenvalue weighted by Crippen LogP contribution is -2.02. The molecule has 0 aliphatic heterocycles. The van der Waals surface area contributed by atoms with E-state index in [1.165, 1.54) is 11.3 Å². The first-order valence-electron chi connectivity index (χ1n) is 6.15. The maximum atomic E-state index is 4.32. The van der Waals surface area contributed by atoms with Crippen LogP contribution >= 0.6 is 0 Å². The van der Waals surface area contributed by atoms with E-state index in [0.717, 1.165) is 23.3 Å². The van der Waals surface area contributed by atoms with Gasteiger partial charge in [-0.3, -0.25) is 9.36 Å². The van der Waals surface area contributed by atoms with Gasteiger partial charge in [-0.15, -0.1) is 0 Å². The molecule has 6 nitrogen and oxygen atoms in total. The van der Waals surface area contributed by atoms with Gasteiger partial charge in [0, 0.05) is 43.8 Å². The molecule has 0 amide bonds. The number of anilines is 1. The quantitative estimate of drug-likeness (QED) is 0.773. The maximum Gasteiger partial charge on any atom is 0.159 e. The topological polar surface area (TPSA) is 60.6 Å². The van der Waals surface area contributed by atoms with Gasteiger partial charge in [0.2, 0.25) is 0 Å². The zero-order valence-corrected chi connectivity index (χ0v) is 11.3. The molecule has 0 saturated heterocycles. The maximum absolute atomic E-state index is 4.32. The van der Waals surface area contributed by atoms with Crippen LogP contribution in [0.25, 0.3) is 11.0 Å². The Hall–Kier alpha value is -2.37. The Morgan fingerprint density at radius 2 is 1.95 bits per heavy atom. The van der Waals surface area contributed by atoms with Gasteiger partial charge in [-0.05, 0) is 13.0 Å². The van der Waals surface area contributed by atoms with E-state index < -0.39 is 0 Å². The Bertz CT molecular complexity index is 724. The molecule has 0 spiro atoms. The second-order valence-corrected chi connectivity index (χ2v) is 4.60. The molecule has 3 rings (SSSR count). The van der Waals surface area contributed by atoms with Crippen molar-refractivity contribution in [3.63, 3.8) is 0 Å². The molecule has 0 saturated carbocycles. The van der Waals surface area contributed by atoms with E-state index in [4.69, 9.17) is 0 Å². The highest BCUT2D eigenvalue weighted by Crippen LogP contribution is 2.21. The van der Waals surface area contributed by atoms with Crippen LogP contribution in [0.2, 0.25) is 0 Å². The summed E-state index contributed by atoms with van der Waals surface area (Å²) in [4.78, 5) is 4.32. The third-order valence-electron chi connectivity index (χ3n) is 3.44. The first-order chi connectivity index (χ1) is 9.16. The number of rotatable bonds is 3. The van der Waals surface area contributed by atoms with Crippen LogP contribution in [0.5, 0.6) is 0 Å². The number of nitrogens with one attached hydrogen (secondary N) is 1. The third-order valence-corrected chi connectivity index (χ3v) is 3.44. The lowest BCUT2D eigenvalue weighted by molar-refractivity contribution is 0.738. The van der Waals surface area contributed by atoms with Crippen molar-refractivity contribution >= 4 is 16.7 Å². The number of fused-ring (bicyclic) bond motifs is 1. The van der Waals surface area contributed by atoms with Crippen molar-refractivity contribution in [2.75, 3.05) is 5.32 Å². The minimum Gasteiger partial charge on any atom is -0.380 e. The Labute approximate surface area is 111 Å². The lowest BCUT2D eigenvalue weighted by Gasteiger charge is -2.07. The standard InChI is InChI=1S/C13H16N6/c1-9-10(7-16-18(9)2)6-15-12-4-5-14-13-11(12)8-17-19(13)3/h4-5,7-8H,6H2,1-3H3,(H,14,15). The van der Waals surface area contributed by atoms with Gasteiger partial charge >= 0.3 is 0 Å². The monoisotopic (exact) mass is 256 g/mol. The zero-order chi connectivity index (χ0) is 13.4. The molecule has 3 heterocycles. The van der Waals surface area contributed by atoms with Crippen LogP contribution < -0.4 is 5.32 Å². The normalized spacial score (nSPS) is 11.1. The fraction of sp³-hybridized carbons (Fsp3) is 0.308. The molecule has 1 N–H and O–H groups in total. The number of aryl methyl sites for hydroxylation is 2. The molecule has 0 atom stereocenters. The predicted octanol–water partition coefficient (Wildman–Crippen LogP) is 1.62. The molecule has 0 fully saturated rings. The summed E-state index contributed by atoms with van der Waals surface area (Å²) in [7, 11) is 3.84. The number of hydrogen-bond acceptors (Lipinski definition) is 4. The van der Waals surface area contributed by atoms with Crippen molar-refractivity contribution in [3.05, 3.63) is 35.9 Å². The molecule has 19 heavy (non-hydrogen) atoms. The molecule has 0 radical (unpaired) electrons. The summed E-state index contributed by atoms with van der Waals surface area (Å²) >= 11 is 0. The smallest absolute Gasteiger partial charge is 0.159 e. The van der Waals surface area contributed by atoms with Crippen molar-refractivity contribution in [1.29, 1.82) is 0 Å². The Morgan fingerprint density at radius 3 is 2.68 bits per heavy atom. The Balaban J connectivity index is 1.88. The predicted molar refractivity (Wildman–Crippen MR) is 73.8 cm³/mol. The van der Waals surface area contributed by atoms with Crippen LogP contribution in [-0.2, 0) is 20.6 Å². The SMILES string of the molecule is Cc1c(CNc2ccnc3c2cnn3C)cnn1C. The lowest BCUT2D eigenvalue weighted by atomic mass is 10.2. The van der Waals surface area contributed by atoms with Gasteiger partial charge in [0.15, 0.2) is 5.65 Å². The minimum absolute atomic E-state index is 0.744. The largest absolute Gasteiger partial charge is 0.380 e. The Kier molecular flexibility index (Phi) is 2.70. The van der Waals surface area contributed by atoms with Gasteiger partial charge in [0.25, 0.3) is 0 Å². The summed E-state index contributed by atoms with van der Waals surface area (Å²) in [6, 6.07) is 1.97. The van der Waals surface area contributed by atoms with E-state index >= 15 is 0 Å². The van der Waals surface area contributed by atoms with Crippen LogP contribution in [0.4, 0.5) is 5.69 Å². The van der Waals surface area contributed by atoms with Crippen LogP contribution in [0.3, 0.4) is 0 Å². The van der Waals surface area contributed by atoms with E-state index in [2.05, 4.69) is 27.4 Å². The molecule has 0 aliphatic carbocycles. The molecule has 98 valence electrons. The van der Waals surface area contributed by atoms with Gasteiger partial charge < -0.3 is 5.32 Å². The molecule has 3 aromatic heterocycles. The fourth-order valence-corrected chi connectivity index (χ4v) is 2.11. The molecule has 6 heteroatoms. The van der Waals surface area contributed by atoms with Gasteiger partial charge in [0.05, 0.1) is 17.8 Å². The summed E-state index contributed by atoms with van der Waals surface area (Å²) in [6.45, 7) is 2.81. The molecule has 0 unspecified atom stereocenters. The molecule has 0 aliphatic rings. The summed E-state index contributed by atoms with van der Waals surface area (Å²) in [5.41, 5.74) is 4.29. The molecule has 0 aromatic carbocycles. The third kappa shape index (κ3) is 1.95. The second kappa shape index (κ2) is 4.38. The summed E-state index contributed by atoms with van der Waals surface area (Å²) in [5, 5.41) is 12.9. The summed E-state index contributed by atoms with van der Waals surface area (Å²) in [6.07, 6.45) is 5.52. The minimum atomic E-state index is 0.744. The van der Waals surface area contributed by atoms with Crippen molar-refractivity contribution in [2.24, 2.45) is 14.1 Å². The Morgan fingerprint density at radius 1 is 1.16 bits per heavy atom.